The summed E-state index contributed by atoms with van der Waals surface area (Å²) in [6.45, 7) is 7.05. The molecule has 1 saturated heterocycles. The van der Waals surface area contributed by atoms with Gasteiger partial charge in [0.2, 0.25) is 0 Å². The van der Waals surface area contributed by atoms with E-state index < -0.39 is 0 Å². The number of nitrogens with zero attached hydrogens (tertiary/aromatic N) is 3. The van der Waals surface area contributed by atoms with Crippen LogP contribution in [0.15, 0.2) is 71.7 Å². The van der Waals surface area contributed by atoms with Crippen molar-refractivity contribution in [1.82, 2.24) is 4.90 Å². The molecule has 2 amide bonds. The van der Waals surface area contributed by atoms with Crippen LogP contribution in [0.3, 0.4) is 0 Å². The molecule has 32 heavy (non-hydrogen) atoms. The standard InChI is InChI=1S/C26H25N3O2S/c1-18-6-3-8-20(16-18)27-11-13-28(14-12-27)24-23(22-10-5-15-32-22)25(30)29(26(24)31)21-9-4-7-19(2)17-21/h3-10,15-17H,11-14H2,1-2H3. The highest BCUT2D eigenvalue weighted by Crippen LogP contribution is 2.37. The molecule has 0 atom stereocenters. The molecule has 5 nitrogen and oxygen atoms in total. The summed E-state index contributed by atoms with van der Waals surface area (Å²) in [5.74, 6) is -0.466. The van der Waals surface area contributed by atoms with Gasteiger partial charge in [-0.25, -0.2) is 4.90 Å². The van der Waals surface area contributed by atoms with Gasteiger partial charge in [0.15, 0.2) is 0 Å². The first-order valence-electron chi connectivity index (χ1n) is 10.8. The van der Waals surface area contributed by atoms with Crippen LogP contribution in [0.1, 0.15) is 16.0 Å². The molecule has 0 N–H and O–H groups in total. The molecule has 0 radical (unpaired) electrons. The van der Waals surface area contributed by atoms with Crippen LogP contribution in [-0.2, 0) is 9.59 Å². The number of thiophene rings is 1. The van der Waals surface area contributed by atoms with Crippen LogP contribution in [0.25, 0.3) is 5.57 Å². The molecule has 3 aromatic rings. The van der Waals surface area contributed by atoms with Gasteiger partial charge in [-0.1, -0.05) is 30.3 Å². The summed E-state index contributed by atoms with van der Waals surface area (Å²) in [6.07, 6.45) is 0. The lowest BCUT2D eigenvalue weighted by atomic mass is 10.1. The summed E-state index contributed by atoms with van der Waals surface area (Å²) < 4.78 is 0. The number of carbonyl (C=O) groups excluding carboxylic acids is 2. The number of aryl methyl sites for hydroxylation is 2. The number of hydrogen-bond acceptors (Lipinski definition) is 5. The van der Waals surface area contributed by atoms with Crippen LogP contribution in [0.5, 0.6) is 0 Å². The number of carbonyl (C=O) groups is 2. The van der Waals surface area contributed by atoms with E-state index in [0.29, 0.717) is 30.0 Å². The van der Waals surface area contributed by atoms with E-state index in [1.165, 1.54) is 27.5 Å². The summed E-state index contributed by atoms with van der Waals surface area (Å²) in [5, 5.41) is 1.95. The minimum Gasteiger partial charge on any atom is -0.368 e. The Hall–Kier alpha value is -3.38. The molecule has 0 unspecified atom stereocenters. The predicted molar refractivity (Wildman–Crippen MR) is 130 cm³/mol. The van der Waals surface area contributed by atoms with E-state index in [1.807, 2.05) is 48.7 Å². The molecular weight excluding hydrogens is 418 g/mol. The fourth-order valence-corrected chi connectivity index (χ4v) is 5.23. The highest BCUT2D eigenvalue weighted by atomic mass is 32.1. The number of benzene rings is 2. The molecule has 162 valence electrons. The van der Waals surface area contributed by atoms with Crippen molar-refractivity contribution in [3.63, 3.8) is 0 Å². The van der Waals surface area contributed by atoms with E-state index in [2.05, 4.69) is 41.0 Å². The summed E-state index contributed by atoms with van der Waals surface area (Å²) in [5.41, 5.74) is 5.13. The number of imide groups is 1. The van der Waals surface area contributed by atoms with Gasteiger partial charge < -0.3 is 9.80 Å². The number of hydrogen-bond donors (Lipinski definition) is 0. The fraction of sp³-hybridized carbons (Fsp3) is 0.231. The first-order chi connectivity index (χ1) is 15.5. The summed E-state index contributed by atoms with van der Waals surface area (Å²) in [6, 6.07) is 19.9. The molecule has 6 heteroatoms. The van der Waals surface area contributed by atoms with E-state index in [4.69, 9.17) is 0 Å². The van der Waals surface area contributed by atoms with E-state index in [1.54, 1.807) is 0 Å². The van der Waals surface area contributed by atoms with Gasteiger partial charge in [-0.3, -0.25) is 9.59 Å². The van der Waals surface area contributed by atoms with E-state index >= 15 is 0 Å². The predicted octanol–water partition coefficient (Wildman–Crippen LogP) is 4.47. The second-order valence-corrected chi connectivity index (χ2v) is 9.25. The van der Waals surface area contributed by atoms with Gasteiger partial charge in [-0.2, -0.15) is 0 Å². The van der Waals surface area contributed by atoms with E-state index in [-0.39, 0.29) is 11.8 Å². The molecular formula is C26H25N3O2S. The average Bonchev–Trinajstić information content (AvgIpc) is 3.40. The monoisotopic (exact) mass is 443 g/mol. The highest BCUT2D eigenvalue weighted by Gasteiger charge is 2.43. The maximum Gasteiger partial charge on any atom is 0.282 e. The normalized spacial score (nSPS) is 17.0. The number of anilines is 2. The van der Waals surface area contributed by atoms with Crippen LogP contribution in [0.2, 0.25) is 0 Å². The topological polar surface area (TPSA) is 43.9 Å². The highest BCUT2D eigenvalue weighted by molar-refractivity contribution is 7.11. The molecule has 5 rings (SSSR count). The third kappa shape index (κ3) is 3.60. The first kappa shape index (κ1) is 20.5. The van der Waals surface area contributed by atoms with Gasteiger partial charge in [0, 0.05) is 36.7 Å². The molecule has 1 fully saturated rings. The molecule has 2 aliphatic rings. The summed E-state index contributed by atoms with van der Waals surface area (Å²) in [4.78, 5) is 33.8. The quantitative estimate of drug-likeness (QED) is 0.558. The van der Waals surface area contributed by atoms with E-state index in [0.717, 1.165) is 23.5 Å². The van der Waals surface area contributed by atoms with E-state index in [9.17, 15) is 9.59 Å². The SMILES string of the molecule is Cc1cccc(N2CCN(C3=C(c4cccs4)C(=O)N(c4cccc(C)c4)C3=O)CC2)c1. The van der Waals surface area contributed by atoms with Gasteiger partial charge in [0.25, 0.3) is 11.8 Å². The minimum absolute atomic E-state index is 0.229. The Bertz CT molecular complexity index is 1210. The van der Waals surface area contributed by atoms with Gasteiger partial charge in [0.05, 0.1) is 11.3 Å². The number of piperazine rings is 1. The minimum atomic E-state index is -0.237. The van der Waals surface area contributed by atoms with Crippen molar-refractivity contribution in [2.45, 2.75) is 13.8 Å². The molecule has 2 aliphatic heterocycles. The van der Waals surface area contributed by atoms with Crippen LogP contribution in [0.4, 0.5) is 11.4 Å². The first-order valence-corrected chi connectivity index (χ1v) is 11.7. The molecule has 0 aliphatic carbocycles. The van der Waals surface area contributed by atoms with Gasteiger partial charge in [-0.05, 0) is 60.7 Å². The molecule has 3 heterocycles. The van der Waals surface area contributed by atoms with Gasteiger partial charge >= 0.3 is 0 Å². The lowest BCUT2D eigenvalue weighted by Crippen LogP contribution is -2.47. The molecule has 0 bridgehead atoms. The Balaban J connectivity index is 1.46. The molecule has 2 aromatic carbocycles. The zero-order valence-electron chi connectivity index (χ0n) is 18.2. The Morgan fingerprint density at radius 1 is 0.719 bits per heavy atom. The van der Waals surface area contributed by atoms with Crippen molar-refractivity contribution < 1.29 is 9.59 Å². The lowest BCUT2D eigenvalue weighted by molar-refractivity contribution is -0.120. The molecule has 0 spiro atoms. The van der Waals surface area contributed by atoms with Crippen LogP contribution >= 0.6 is 11.3 Å². The smallest absolute Gasteiger partial charge is 0.282 e. The maximum atomic E-state index is 13.6. The summed E-state index contributed by atoms with van der Waals surface area (Å²) in [7, 11) is 0. The third-order valence-corrected chi connectivity index (χ3v) is 6.94. The maximum absolute atomic E-state index is 13.6. The Kier molecular flexibility index (Phi) is 5.31. The van der Waals surface area contributed by atoms with Crippen molar-refractivity contribution >= 4 is 40.1 Å². The lowest BCUT2D eigenvalue weighted by Gasteiger charge is -2.37. The zero-order valence-corrected chi connectivity index (χ0v) is 19.1. The average molecular weight is 444 g/mol. The second kappa shape index (κ2) is 8.28. The number of amides is 2. The van der Waals surface area contributed by atoms with Crippen LogP contribution < -0.4 is 9.80 Å². The van der Waals surface area contributed by atoms with Crippen LogP contribution in [-0.4, -0.2) is 42.9 Å². The largest absolute Gasteiger partial charge is 0.368 e. The van der Waals surface area contributed by atoms with Crippen molar-refractivity contribution in [3.8, 4) is 0 Å². The Morgan fingerprint density at radius 3 is 1.97 bits per heavy atom. The Morgan fingerprint density at radius 2 is 1.34 bits per heavy atom. The second-order valence-electron chi connectivity index (χ2n) is 8.30. The summed E-state index contributed by atoms with van der Waals surface area (Å²) >= 11 is 1.50. The molecule has 0 saturated carbocycles. The number of rotatable bonds is 4. The van der Waals surface area contributed by atoms with Crippen molar-refractivity contribution in [3.05, 3.63) is 87.7 Å². The third-order valence-electron chi connectivity index (χ3n) is 6.05. The van der Waals surface area contributed by atoms with Crippen molar-refractivity contribution in [1.29, 1.82) is 0 Å². The Labute approximate surface area is 192 Å². The van der Waals surface area contributed by atoms with Gasteiger partial charge in [-0.15, -0.1) is 11.3 Å². The van der Waals surface area contributed by atoms with Crippen molar-refractivity contribution in [2.75, 3.05) is 36.0 Å². The molecule has 1 aromatic heterocycles. The zero-order chi connectivity index (χ0) is 22.2. The van der Waals surface area contributed by atoms with Crippen LogP contribution in [0, 0.1) is 13.8 Å². The van der Waals surface area contributed by atoms with Gasteiger partial charge in [0.1, 0.15) is 5.70 Å². The fourth-order valence-electron chi connectivity index (χ4n) is 4.47. The van der Waals surface area contributed by atoms with Crippen molar-refractivity contribution in [2.24, 2.45) is 0 Å².